The molecule has 0 aliphatic carbocycles. The number of rotatable bonds is 7. The lowest BCUT2D eigenvalue weighted by molar-refractivity contribution is -0.136. The fourth-order valence-electron chi connectivity index (χ4n) is 3.07. The molecule has 2 aromatic heterocycles. The lowest BCUT2D eigenvalue weighted by Crippen LogP contribution is -2.49. The minimum atomic E-state index is -0.609. The van der Waals surface area contributed by atoms with Gasteiger partial charge in [-0.05, 0) is 39.7 Å². The largest absolute Gasteiger partial charge is 0.361 e. The monoisotopic (exact) mass is 461 g/mol. The first kappa shape index (κ1) is 20.6. The molecule has 2 amide bonds. The molecule has 28 heavy (non-hydrogen) atoms. The Morgan fingerprint density at radius 2 is 1.96 bits per heavy atom. The van der Waals surface area contributed by atoms with Gasteiger partial charge < -0.3 is 15.2 Å². The van der Waals surface area contributed by atoms with Crippen molar-refractivity contribution >= 4 is 50.0 Å². The van der Waals surface area contributed by atoms with Crippen molar-refractivity contribution in [1.29, 1.82) is 0 Å². The van der Waals surface area contributed by atoms with Crippen molar-refractivity contribution in [3.63, 3.8) is 0 Å². The van der Waals surface area contributed by atoms with E-state index in [1.54, 1.807) is 23.3 Å². The maximum atomic E-state index is 13.2. The van der Waals surface area contributed by atoms with Gasteiger partial charge in [0, 0.05) is 41.4 Å². The molecule has 0 radical (unpaired) electrons. The molecule has 1 atom stereocenters. The van der Waals surface area contributed by atoms with Gasteiger partial charge in [-0.15, -0.1) is 11.3 Å². The smallest absolute Gasteiger partial charge is 0.245 e. The number of halogens is 1. The molecule has 0 fully saturated rings. The zero-order valence-electron chi connectivity index (χ0n) is 16.2. The molecule has 2 heterocycles. The van der Waals surface area contributed by atoms with Crippen molar-refractivity contribution in [1.82, 2.24) is 15.2 Å². The first-order valence-electron chi connectivity index (χ1n) is 9.19. The highest BCUT2D eigenvalue weighted by molar-refractivity contribution is 9.11. The molecule has 3 aromatic rings. The quantitative estimate of drug-likeness (QED) is 0.549. The lowest BCUT2D eigenvalue weighted by Gasteiger charge is -2.25. The van der Waals surface area contributed by atoms with Crippen LogP contribution < -0.4 is 5.32 Å². The number of nitrogens with zero attached hydrogens (tertiary/aromatic N) is 1. The summed E-state index contributed by atoms with van der Waals surface area (Å²) in [7, 11) is 1.78. The molecule has 0 bridgehead atoms. The number of aromatic amines is 1. The Morgan fingerprint density at radius 1 is 1.21 bits per heavy atom. The average molecular weight is 462 g/mol. The van der Waals surface area contributed by atoms with Crippen LogP contribution in [0.4, 0.5) is 0 Å². The number of benzene rings is 1. The second kappa shape index (κ2) is 8.92. The zero-order valence-corrected chi connectivity index (χ0v) is 18.6. The Balaban J connectivity index is 1.81. The second-order valence-electron chi connectivity index (χ2n) is 7.18. The van der Waals surface area contributed by atoms with E-state index in [4.69, 9.17) is 0 Å². The number of fused-ring (bicyclic) bond motifs is 1. The number of para-hydroxylation sites is 1. The van der Waals surface area contributed by atoms with E-state index in [0.717, 1.165) is 25.1 Å². The molecule has 0 spiro atoms. The standard InChI is InChI=1S/C21H24BrN3O2S/c1-13(2)20(26)24-18(10-14-11-23-17-7-5-4-6-16(14)17)21(27)25(3)12-15-8-9-19(22)28-15/h4-9,11,13,18,23H,10,12H2,1-3H3,(H,24,26). The summed E-state index contributed by atoms with van der Waals surface area (Å²) in [6.07, 6.45) is 2.36. The number of thiophene rings is 1. The van der Waals surface area contributed by atoms with Crippen LogP contribution in [0.2, 0.25) is 0 Å². The molecule has 3 rings (SSSR count). The third kappa shape index (κ3) is 4.83. The molecule has 1 aromatic carbocycles. The van der Waals surface area contributed by atoms with E-state index in [9.17, 15) is 9.59 Å². The Kier molecular flexibility index (Phi) is 6.57. The normalized spacial score (nSPS) is 12.3. The van der Waals surface area contributed by atoms with Gasteiger partial charge in [0.25, 0.3) is 0 Å². The summed E-state index contributed by atoms with van der Waals surface area (Å²) in [6, 6.07) is 11.3. The summed E-state index contributed by atoms with van der Waals surface area (Å²) in [6.45, 7) is 4.17. The summed E-state index contributed by atoms with van der Waals surface area (Å²) < 4.78 is 1.03. The number of nitrogens with one attached hydrogen (secondary N) is 2. The number of carbonyl (C=O) groups is 2. The SMILES string of the molecule is CC(C)C(=O)NC(Cc1c[nH]c2ccccc12)C(=O)N(C)Cc1ccc(Br)s1. The topological polar surface area (TPSA) is 65.2 Å². The summed E-state index contributed by atoms with van der Waals surface area (Å²) in [4.78, 5) is 31.5. The fraction of sp³-hybridized carbons (Fsp3) is 0.333. The highest BCUT2D eigenvalue weighted by atomic mass is 79.9. The molecule has 7 heteroatoms. The summed E-state index contributed by atoms with van der Waals surface area (Å²) in [5, 5.41) is 4.01. The van der Waals surface area contributed by atoms with E-state index >= 15 is 0 Å². The van der Waals surface area contributed by atoms with Crippen LogP contribution in [-0.4, -0.2) is 34.8 Å². The minimum absolute atomic E-state index is 0.0937. The minimum Gasteiger partial charge on any atom is -0.361 e. The molecule has 0 aliphatic rings. The van der Waals surface area contributed by atoms with Gasteiger partial charge in [-0.3, -0.25) is 9.59 Å². The average Bonchev–Trinajstić information content (AvgIpc) is 3.26. The van der Waals surface area contributed by atoms with Crippen LogP contribution in [0.15, 0.2) is 46.4 Å². The lowest BCUT2D eigenvalue weighted by atomic mass is 10.0. The van der Waals surface area contributed by atoms with Crippen molar-refractivity contribution in [2.75, 3.05) is 7.05 Å². The van der Waals surface area contributed by atoms with E-state index < -0.39 is 6.04 Å². The maximum Gasteiger partial charge on any atom is 0.245 e. The van der Waals surface area contributed by atoms with Gasteiger partial charge in [0.2, 0.25) is 11.8 Å². The molecule has 2 N–H and O–H groups in total. The molecule has 0 aliphatic heterocycles. The number of hydrogen-bond acceptors (Lipinski definition) is 3. The van der Waals surface area contributed by atoms with Crippen LogP contribution in [0.3, 0.4) is 0 Å². The Bertz CT molecular complexity index is 979. The number of aromatic nitrogens is 1. The van der Waals surface area contributed by atoms with Crippen LogP contribution in [0.1, 0.15) is 24.3 Å². The zero-order chi connectivity index (χ0) is 20.3. The van der Waals surface area contributed by atoms with E-state index in [0.29, 0.717) is 13.0 Å². The highest BCUT2D eigenvalue weighted by Crippen LogP contribution is 2.24. The van der Waals surface area contributed by atoms with Crippen molar-refractivity contribution < 1.29 is 9.59 Å². The van der Waals surface area contributed by atoms with E-state index in [2.05, 4.69) is 26.2 Å². The van der Waals surface area contributed by atoms with Crippen LogP contribution in [0, 0.1) is 5.92 Å². The van der Waals surface area contributed by atoms with E-state index in [1.807, 2.05) is 56.4 Å². The second-order valence-corrected chi connectivity index (χ2v) is 9.73. The fourth-order valence-corrected chi connectivity index (χ4v) is 4.61. The van der Waals surface area contributed by atoms with Gasteiger partial charge in [0.15, 0.2) is 0 Å². The molecule has 0 saturated carbocycles. The first-order chi connectivity index (χ1) is 13.3. The molecule has 1 unspecified atom stereocenters. The maximum absolute atomic E-state index is 13.2. The molecule has 148 valence electrons. The molecular weight excluding hydrogens is 438 g/mol. The number of likely N-dealkylation sites (N-methyl/N-ethyl adjacent to an activating group) is 1. The summed E-state index contributed by atoms with van der Waals surface area (Å²) in [5.74, 6) is -0.397. The Morgan fingerprint density at radius 3 is 2.64 bits per heavy atom. The van der Waals surface area contributed by atoms with Crippen molar-refractivity contribution in [3.05, 3.63) is 56.8 Å². The van der Waals surface area contributed by atoms with Gasteiger partial charge in [-0.1, -0.05) is 32.0 Å². The van der Waals surface area contributed by atoms with Crippen molar-refractivity contribution in [3.8, 4) is 0 Å². The van der Waals surface area contributed by atoms with Gasteiger partial charge in [-0.2, -0.15) is 0 Å². The molecular formula is C21H24BrN3O2S. The van der Waals surface area contributed by atoms with Gasteiger partial charge in [-0.25, -0.2) is 0 Å². The van der Waals surface area contributed by atoms with Gasteiger partial charge >= 0.3 is 0 Å². The third-order valence-electron chi connectivity index (χ3n) is 4.64. The number of H-pyrrole nitrogens is 1. The van der Waals surface area contributed by atoms with Gasteiger partial charge in [0.05, 0.1) is 10.3 Å². The predicted octanol–water partition coefficient (Wildman–Crippen LogP) is 4.33. The number of amides is 2. The summed E-state index contributed by atoms with van der Waals surface area (Å²) >= 11 is 5.06. The van der Waals surface area contributed by atoms with E-state index in [-0.39, 0.29) is 17.7 Å². The van der Waals surface area contributed by atoms with Crippen LogP contribution in [0.25, 0.3) is 10.9 Å². The van der Waals surface area contributed by atoms with Crippen molar-refractivity contribution in [2.24, 2.45) is 5.92 Å². The Hall–Kier alpha value is -2.12. The number of hydrogen-bond donors (Lipinski definition) is 2. The van der Waals surface area contributed by atoms with Crippen molar-refractivity contribution in [2.45, 2.75) is 32.9 Å². The highest BCUT2D eigenvalue weighted by Gasteiger charge is 2.26. The number of carbonyl (C=O) groups excluding carboxylic acids is 2. The van der Waals surface area contributed by atoms with Crippen LogP contribution in [-0.2, 0) is 22.6 Å². The molecule has 0 saturated heterocycles. The summed E-state index contributed by atoms with van der Waals surface area (Å²) in [5.41, 5.74) is 2.04. The van der Waals surface area contributed by atoms with E-state index in [1.165, 1.54) is 0 Å². The van der Waals surface area contributed by atoms with Crippen LogP contribution >= 0.6 is 27.3 Å². The first-order valence-corrected chi connectivity index (χ1v) is 10.8. The molecule has 5 nitrogen and oxygen atoms in total. The predicted molar refractivity (Wildman–Crippen MR) is 117 cm³/mol. The third-order valence-corrected chi connectivity index (χ3v) is 6.24. The Labute approximate surface area is 177 Å². The van der Waals surface area contributed by atoms with Gasteiger partial charge in [0.1, 0.15) is 6.04 Å². The van der Waals surface area contributed by atoms with Crippen LogP contribution in [0.5, 0.6) is 0 Å².